The maximum atomic E-state index is 8.54. The van der Waals surface area contributed by atoms with Gasteiger partial charge in [-0.1, -0.05) is 27.5 Å². The van der Waals surface area contributed by atoms with E-state index in [0.29, 0.717) is 4.34 Å². The van der Waals surface area contributed by atoms with Gasteiger partial charge in [0.05, 0.1) is 6.07 Å². The molecule has 0 aromatic carbocycles. The maximum absolute atomic E-state index is 8.54. The molecule has 0 saturated carbocycles. The van der Waals surface area contributed by atoms with Crippen molar-refractivity contribution in [2.75, 3.05) is 0 Å². The van der Waals surface area contributed by atoms with Crippen LogP contribution in [0.25, 0.3) is 0 Å². The summed E-state index contributed by atoms with van der Waals surface area (Å²) in [4.78, 5) is 0.667. The number of thiophene rings is 1. The van der Waals surface area contributed by atoms with Crippen LogP contribution < -0.4 is 0 Å². The fourth-order valence-electron chi connectivity index (χ4n) is 0.552. The summed E-state index contributed by atoms with van der Waals surface area (Å²) in [7, 11) is 0. The van der Waals surface area contributed by atoms with Gasteiger partial charge < -0.3 is 0 Å². The lowest BCUT2D eigenvalue weighted by molar-refractivity contribution is 1.30. The number of alkyl halides is 1. The van der Waals surface area contributed by atoms with E-state index < -0.39 is 0 Å². The molecule has 0 aliphatic rings. The van der Waals surface area contributed by atoms with Crippen molar-refractivity contribution in [2.45, 2.75) is 4.83 Å². The van der Waals surface area contributed by atoms with Gasteiger partial charge in [0.15, 0.2) is 0 Å². The van der Waals surface area contributed by atoms with Crippen LogP contribution in [0.2, 0.25) is 4.34 Å². The van der Waals surface area contributed by atoms with E-state index in [2.05, 4.69) is 37.9 Å². The average molecular weight is 315 g/mol. The standard InChI is InChI=1S/C6H2Br2ClNS/c7-3-1-5(4(8)2-10)11-6(3)9/h1,4H. The normalized spacial score (nSPS) is 12.5. The van der Waals surface area contributed by atoms with Crippen LogP contribution in [0.3, 0.4) is 0 Å². The highest BCUT2D eigenvalue weighted by molar-refractivity contribution is 9.10. The van der Waals surface area contributed by atoms with E-state index in [1.165, 1.54) is 11.3 Å². The molecular weight excluding hydrogens is 313 g/mol. The van der Waals surface area contributed by atoms with Crippen LogP contribution in [0.5, 0.6) is 0 Å². The first-order valence-electron chi connectivity index (χ1n) is 2.63. The molecule has 0 amide bonds. The Hall–Kier alpha value is 0.440. The smallest absolute Gasteiger partial charge is 0.135 e. The number of rotatable bonds is 1. The van der Waals surface area contributed by atoms with Gasteiger partial charge in [-0.2, -0.15) is 5.26 Å². The van der Waals surface area contributed by atoms with Crippen molar-refractivity contribution >= 4 is 54.8 Å². The predicted molar refractivity (Wildman–Crippen MR) is 54.3 cm³/mol. The van der Waals surface area contributed by atoms with Gasteiger partial charge in [0.25, 0.3) is 0 Å². The molecule has 1 rings (SSSR count). The van der Waals surface area contributed by atoms with Gasteiger partial charge in [-0.3, -0.25) is 0 Å². The molecule has 0 bridgehead atoms. The molecule has 0 N–H and O–H groups in total. The molecule has 0 saturated heterocycles. The zero-order valence-electron chi connectivity index (χ0n) is 5.14. The van der Waals surface area contributed by atoms with Crippen LogP contribution in [0.4, 0.5) is 0 Å². The van der Waals surface area contributed by atoms with E-state index in [4.69, 9.17) is 16.9 Å². The summed E-state index contributed by atoms with van der Waals surface area (Å²) in [5.74, 6) is 0. The van der Waals surface area contributed by atoms with Gasteiger partial charge in [0.1, 0.15) is 9.16 Å². The minimum Gasteiger partial charge on any atom is -0.197 e. The second-order valence-corrected chi connectivity index (χ2v) is 5.22. The molecule has 0 aliphatic heterocycles. The maximum Gasteiger partial charge on any atom is 0.135 e. The first kappa shape index (κ1) is 9.53. The summed E-state index contributed by atoms with van der Waals surface area (Å²) in [5, 5.41) is 8.54. The van der Waals surface area contributed by atoms with Gasteiger partial charge in [-0.25, -0.2) is 0 Å². The van der Waals surface area contributed by atoms with E-state index in [9.17, 15) is 0 Å². The molecule has 0 aliphatic carbocycles. The first-order chi connectivity index (χ1) is 5.15. The van der Waals surface area contributed by atoms with Crippen molar-refractivity contribution in [1.82, 2.24) is 0 Å². The average Bonchev–Trinajstić information content (AvgIpc) is 2.31. The van der Waals surface area contributed by atoms with Crippen LogP contribution in [0.1, 0.15) is 9.70 Å². The fraction of sp³-hybridized carbons (Fsp3) is 0.167. The molecule has 1 unspecified atom stereocenters. The second kappa shape index (κ2) is 3.90. The quantitative estimate of drug-likeness (QED) is 0.715. The SMILES string of the molecule is N#CC(Br)c1cc(Br)c(Cl)s1. The third-order valence-corrected chi connectivity index (χ3v) is 4.57. The predicted octanol–water partition coefficient (Wildman–Crippen LogP) is 4.12. The molecule has 1 atom stereocenters. The summed E-state index contributed by atoms with van der Waals surface area (Å²) >= 11 is 13.6. The summed E-state index contributed by atoms with van der Waals surface area (Å²) in [6, 6.07) is 3.91. The highest BCUT2D eigenvalue weighted by Crippen LogP contribution is 2.37. The molecule has 58 valence electrons. The summed E-state index contributed by atoms with van der Waals surface area (Å²) in [6.45, 7) is 0. The summed E-state index contributed by atoms with van der Waals surface area (Å²) in [6.07, 6.45) is 0. The largest absolute Gasteiger partial charge is 0.197 e. The zero-order valence-corrected chi connectivity index (χ0v) is 9.89. The third kappa shape index (κ3) is 2.19. The van der Waals surface area contributed by atoms with Crippen molar-refractivity contribution < 1.29 is 0 Å². The molecule has 1 nitrogen and oxygen atoms in total. The van der Waals surface area contributed by atoms with Gasteiger partial charge in [-0.05, 0) is 22.0 Å². The number of halogens is 3. The highest BCUT2D eigenvalue weighted by atomic mass is 79.9. The van der Waals surface area contributed by atoms with Crippen molar-refractivity contribution in [2.24, 2.45) is 0 Å². The Morgan fingerprint density at radius 3 is 2.73 bits per heavy atom. The van der Waals surface area contributed by atoms with Crippen LogP contribution >= 0.6 is 54.8 Å². The number of hydrogen-bond acceptors (Lipinski definition) is 2. The number of nitriles is 1. The lowest BCUT2D eigenvalue weighted by Gasteiger charge is -1.90. The van der Waals surface area contributed by atoms with Crippen LogP contribution in [0, 0.1) is 11.3 Å². The molecule has 1 aromatic rings. The van der Waals surface area contributed by atoms with E-state index in [1.807, 2.05) is 6.07 Å². The van der Waals surface area contributed by atoms with Gasteiger partial charge >= 0.3 is 0 Å². The number of hydrogen-bond donors (Lipinski definition) is 0. The molecule has 5 heteroatoms. The van der Waals surface area contributed by atoms with Gasteiger partial charge in [-0.15, -0.1) is 11.3 Å². The van der Waals surface area contributed by atoms with Crippen LogP contribution in [-0.2, 0) is 0 Å². The Balaban J connectivity index is 2.99. The molecule has 1 aromatic heterocycles. The number of nitrogens with zero attached hydrogens (tertiary/aromatic N) is 1. The highest BCUT2D eigenvalue weighted by Gasteiger charge is 2.11. The minimum atomic E-state index is -0.253. The fourth-order valence-corrected chi connectivity index (χ4v) is 2.62. The van der Waals surface area contributed by atoms with E-state index in [0.717, 1.165) is 9.35 Å². The zero-order chi connectivity index (χ0) is 8.43. The molecule has 0 spiro atoms. The molecule has 11 heavy (non-hydrogen) atoms. The minimum absolute atomic E-state index is 0.253. The molecule has 0 fully saturated rings. The Morgan fingerprint density at radius 2 is 2.36 bits per heavy atom. The van der Waals surface area contributed by atoms with Crippen LogP contribution in [0.15, 0.2) is 10.5 Å². The Bertz CT molecular complexity index is 285. The molecule has 0 radical (unpaired) electrons. The monoisotopic (exact) mass is 313 g/mol. The Kier molecular flexibility index (Phi) is 3.38. The van der Waals surface area contributed by atoms with E-state index in [1.54, 1.807) is 0 Å². The van der Waals surface area contributed by atoms with Gasteiger partial charge in [0, 0.05) is 9.35 Å². The van der Waals surface area contributed by atoms with Crippen molar-refractivity contribution in [3.63, 3.8) is 0 Å². The van der Waals surface area contributed by atoms with Crippen molar-refractivity contribution in [3.05, 3.63) is 19.8 Å². The summed E-state index contributed by atoms with van der Waals surface area (Å²) in [5.41, 5.74) is 0. The topological polar surface area (TPSA) is 23.8 Å². The Morgan fingerprint density at radius 1 is 1.73 bits per heavy atom. The molecular formula is C6H2Br2ClNS. The second-order valence-electron chi connectivity index (χ2n) is 1.76. The van der Waals surface area contributed by atoms with Crippen molar-refractivity contribution in [1.29, 1.82) is 5.26 Å². The summed E-state index contributed by atoms with van der Waals surface area (Å²) < 4.78 is 1.53. The first-order valence-corrected chi connectivity index (χ1v) is 5.54. The third-order valence-electron chi connectivity index (χ3n) is 1.03. The van der Waals surface area contributed by atoms with Gasteiger partial charge in [0.2, 0.25) is 0 Å². The van der Waals surface area contributed by atoms with E-state index in [-0.39, 0.29) is 4.83 Å². The lowest BCUT2D eigenvalue weighted by Crippen LogP contribution is -1.76. The van der Waals surface area contributed by atoms with Crippen LogP contribution in [-0.4, -0.2) is 0 Å². The Labute approximate surface area is 90.2 Å². The van der Waals surface area contributed by atoms with E-state index >= 15 is 0 Å². The van der Waals surface area contributed by atoms with Crippen molar-refractivity contribution in [3.8, 4) is 6.07 Å². The molecule has 1 heterocycles. The lowest BCUT2D eigenvalue weighted by atomic mass is 10.4.